The van der Waals surface area contributed by atoms with Gasteiger partial charge in [0.25, 0.3) is 0 Å². The Morgan fingerprint density at radius 3 is 2.50 bits per heavy atom. The Morgan fingerprint density at radius 2 is 1.83 bits per heavy atom. The SMILES string of the molecule is O=Cc1cc(I)cc(I)c1OCc1ccccc1. The smallest absolute Gasteiger partial charge is 0.153 e. The van der Waals surface area contributed by atoms with E-state index in [0.29, 0.717) is 17.9 Å². The molecule has 18 heavy (non-hydrogen) atoms. The molecule has 0 spiro atoms. The van der Waals surface area contributed by atoms with E-state index in [9.17, 15) is 4.79 Å². The largest absolute Gasteiger partial charge is 0.487 e. The van der Waals surface area contributed by atoms with Crippen LogP contribution in [0.2, 0.25) is 0 Å². The molecule has 0 aliphatic heterocycles. The fraction of sp³-hybridized carbons (Fsp3) is 0.0714. The lowest BCUT2D eigenvalue weighted by molar-refractivity contribution is 0.111. The highest BCUT2D eigenvalue weighted by molar-refractivity contribution is 14.1. The summed E-state index contributed by atoms with van der Waals surface area (Å²) in [5.74, 6) is 0.662. The van der Waals surface area contributed by atoms with Gasteiger partial charge in [-0.3, -0.25) is 4.79 Å². The van der Waals surface area contributed by atoms with Crippen molar-refractivity contribution in [2.24, 2.45) is 0 Å². The average Bonchev–Trinajstić information content (AvgIpc) is 2.38. The van der Waals surface area contributed by atoms with Crippen molar-refractivity contribution in [3.63, 3.8) is 0 Å². The first-order valence-electron chi connectivity index (χ1n) is 5.31. The quantitative estimate of drug-likeness (QED) is 0.499. The molecular formula is C14H10I2O2. The Bertz CT molecular complexity index is 553. The molecule has 0 amide bonds. The van der Waals surface area contributed by atoms with Crippen LogP contribution in [0.15, 0.2) is 42.5 Å². The molecule has 0 fully saturated rings. The molecule has 0 aliphatic rings. The van der Waals surface area contributed by atoms with Crippen LogP contribution in [0.25, 0.3) is 0 Å². The number of aldehydes is 1. The zero-order chi connectivity index (χ0) is 13.0. The van der Waals surface area contributed by atoms with Crippen LogP contribution in [0.4, 0.5) is 0 Å². The number of hydrogen-bond donors (Lipinski definition) is 0. The van der Waals surface area contributed by atoms with Crippen LogP contribution >= 0.6 is 45.2 Å². The fourth-order valence-corrected chi connectivity index (χ4v) is 3.60. The Hall–Kier alpha value is -0.630. The average molecular weight is 464 g/mol. The lowest BCUT2D eigenvalue weighted by Crippen LogP contribution is -2.00. The van der Waals surface area contributed by atoms with Crippen molar-refractivity contribution in [1.82, 2.24) is 0 Å². The van der Waals surface area contributed by atoms with Gasteiger partial charge in [0.1, 0.15) is 12.4 Å². The van der Waals surface area contributed by atoms with Crippen molar-refractivity contribution >= 4 is 51.5 Å². The minimum Gasteiger partial charge on any atom is -0.487 e. The monoisotopic (exact) mass is 464 g/mol. The van der Waals surface area contributed by atoms with Gasteiger partial charge in [-0.2, -0.15) is 0 Å². The van der Waals surface area contributed by atoms with Crippen LogP contribution in [-0.4, -0.2) is 6.29 Å². The molecule has 0 saturated heterocycles. The highest BCUT2D eigenvalue weighted by Gasteiger charge is 2.09. The van der Waals surface area contributed by atoms with Crippen molar-refractivity contribution in [2.75, 3.05) is 0 Å². The highest BCUT2D eigenvalue weighted by atomic mass is 127. The summed E-state index contributed by atoms with van der Waals surface area (Å²) in [4.78, 5) is 11.1. The number of benzene rings is 2. The van der Waals surface area contributed by atoms with Gasteiger partial charge in [-0.25, -0.2) is 0 Å². The topological polar surface area (TPSA) is 26.3 Å². The van der Waals surface area contributed by atoms with Gasteiger partial charge < -0.3 is 4.74 Å². The van der Waals surface area contributed by atoms with Gasteiger partial charge in [-0.1, -0.05) is 30.3 Å². The normalized spacial score (nSPS) is 10.1. The predicted molar refractivity (Wildman–Crippen MR) is 88.0 cm³/mol. The lowest BCUT2D eigenvalue weighted by atomic mass is 10.2. The van der Waals surface area contributed by atoms with E-state index in [4.69, 9.17) is 4.74 Å². The summed E-state index contributed by atoms with van der Waals surface area (Å²) in [6.07, 6.45) is 0.838. The lowest BCUT2D eigenvalue weighted by Gasteiger charge is -2.11. The summed E-state index contributed by atoms with van der Waals surface area (Å²) in [5.41, 5.74) is 1.69. The highest BCUT2D eigenvalue weighted by Crippen LogP contribution is 2.28. The summed E-state index contributed by atoms with van der Waals surface area (Å²) in [5, 5.41) is 0. The molecule has 0 N–H and O–H groups in total. The number of hydrogen-bond acceptors (Lipinski definition) is 2. The summed E-state index contributed by atoms with van der Waals surface area (Å²) >= 11 is 4.38. The third-order valence-corrected chi connectivity index (χ3v) is 3.81. The molecule has 0 radical (unpaired) electrons. The molecule has 2 aromatic rings. The molecule has 2 rings (SSSR count). The summed E-state index contributed by atoms with van der Waals surface area (Å²) < 4.78 is 7.75. The van der Waals surface area contributed by atoms with Crippen LogP contribution < -0.4 is 4.74 Å². The number of halogens is 2. The molecule has 0 atom stereocenters. The van der Waals surface area contributed by atoms with E-state index in [1.807, 2.05) is 42.5 Å². The maximum absolute atomic E-state index is 11.1. The van der Waals surface area contributed by atoms with E-state index in [2.05, 4.69) is 45.2 Å². The van der Waals surface area contributed by atoms with E-state index in [1.165, 1.54) is 0 Å². The molecule has 0 unspecified atom stereocenters. The molecule has 2 nitrogen and oxygen atoms in total. The third kappa shape index (κ3) is 3.44. The van der Waals surface area contributed by atoms with Crippen LogP contribution in [-0.2, 0) is 6.61 Å². The van der Waals surface area contributed by atoms with E-state index in [1.54, 1.807) is 0 Å². The molecule has 0 heterocycles. The molecular weight excluding hydrogens is 454 g/mol. The first kappa shape index (κ1) is 13.8. The van der Waals surface area contributed by atoms with Crippen molar-refractivity contribution in [2.45, 2.75) is 6.61 Å². The molecule has 0 bridgehead atoms. The van der Waals surface area contributed by atoms with E-state index in [-0.39, 0.29) is 0 Å². The molecule has 0 saturated carbocycles. The van der Waals surface area contributed by atoms with Gasteiger partial charge in [0, 0.05) is 3.57 Å². The molecule has 0 aliphatic carbocycles. The first-order chi connectivity index (χ1) is 8.70. The third-order valence-electron chi connectivity index (χ3n) is 2.39. The van der Waals surface area contributed by atoms with Gasteiger partial charge >= 0.3 is 0 Å². The van der Waals surface area contributed by atoms with E-state index in [0.717, 1.165) is 19.0 Å². The van der Waals surface area contributed by atoms with Crippen LogP contribution in [0, 0.1) is 7.14 Å². The summed E-state index contributed by atoms with van der Waals surface area (Å²) in [7, 11) is 0. The summed E-state index contributed by atoms with van der Waals surface area (Å²) in [6, 6.07) is 13.7. The van der Waals surface area contributed by atoms with Crippen LogP contribution in [0.1, 0.15) is 15.9 Å². The minimum atomic E-state index is 0.471. The van der Waals surface area contributed by atoms with Crippen molar-refractivity contribution in [3.8, 4) is 5.75 Å². The Balaban J connectivity index is 2.21. The summed E-state index contributed by atoms with van der Waals surface area (Å²) in [6.45, 7) is 0.471. The first-order valence-corrected chi connectivity index (χ1v) is 7.47. The maximum Gasteiger partial charge on any atom is 0.153 e. The molecule has 4 heteroatoms. The number of rotatable bonds is 4. The molecule has 2 aromatic carbocycles. The zero-order valence-electron chi connectivity index (χ0n) is 9.40. The molecule has 0 aromatic heterocycles. The van der Waals surface area contributed by atoms with Gasteiger partial charge in [-0.05, 0) is 62.9 Å². The van der Waals surface area contributed by atoms with Gasteiger partial charge in [0.05, 0.1) is 9.13 Å². The fourth-order valence-electron chi connectivity index (χ4n) is 1.55. The second-order valence-corrected chi connectivity index (χ2v) is 6.11. The number of ether oxygens (including phenoxy) is 1. The van der Waals surface area contributed by atoms with Crippen molar-refractivity contribution in [3.05, 3.63) is 60.7 Å². The van der Waals surface area contributed by atoms with Crippen LogP contribution in [0.3, 0.4) is 0 Å². The van der Waals surface area contributed by atoms with E-state index < -0.39 is 0 Å². The van der Waals surface area contributed by atoms with Gasteiger partial charge in [-0.15, -0.1) is 0 Å². The Labute approximate surface area is 133 Å². The number of carbonyl (C=O) groups is 1. The van der Waals surface area contributed by atoms with Gasteiger partial charge in [0.2, 0.25) is 0 Å². The van der Waals surface area contributed by atoms with Crippen LogP contribution in [0.5, 0.6) is 5.75 Å². The second-order valence-electron chi connectivity index (χ2n) is 3.70. The molecule has 92 valence electrons. The minimum absolute atomic E-state index is 0.471. The number of carbonyl (C=O) groups excluding carboxylic acids is 1. The van der Waals surface area contributed by atoms with Crippen molar-refractivity contribution < 1.29 is 9.53 Å². The second kappa shape index (κ2) is 6.51. The maximum atomic E-state index is 11.1. The van der Waals surface area contributed by atoms with Gasteiger partial charge in [0.15, 0.2) is 6.29 Å². The Morgan fingerprint density at radius 1 is 1.11 bits per heavy atom. The van der Waals surface area contributed by atoms with Crippen molar-refractivity contribution in [1.29, 1.82) is 0 Å². The Kier molecular flexibility index (Phi) is 4.99. The zero-order valence-corrected chi connectivity index (χ0v) is 13.7. The predicted octanol–water partition coefficient (Wildman–Crippen LogP) is 4.29. The van der Waals surface area contributed by atoms with E-state index >= 15 is 0 Å². The standard InChI is InChI=1S/C14H10I2O2/c15-12-6-11(8-17)14(13(16)7-12)18-9-10-4-2-1-3-5-10/h1-8H,9H2.